The summed E-state index contributed by atoms with van der Waals surface area (Å²) in [4.78, 5) is 0. The zero-order valence-corrected chi connectivity index (χ0v) is 12.1. The first-order chi connectivity index (χ1) is 8.81. The molecule has 0 aliphatic carbocycles. The second-order valence-electron chi connectivity index (χ2n) is 4.82. The number of nitrogens with one attached hydrogen (secondary N) is 1. The highest BCUT2D eigenvalue weighted by Gasteiger charge is 2.21. The van der Waals surface area contributed by atoms with Crippen molar-refractivity contribution < 1.29 is 4.74 Å². The molecule has 2 rings (SSSR count). The number of rotatable bonds is 6. The Balaban J connectivity index is 1.90. The van der Waals surface area contributed by atoms with Gasteiger partial charge in [0.15, 0.2) is 0 Å². The fourth-order valence-corrected chi connectivity index (χ4v) is 3.16. The number of benzene rings is 1. The Morgan fingerprint density at radius 3 is 3.11 bits per heavy atom. The van der Waals surface area contributed by atoms with E-state index in [9.17, 15) is 0 Å². The largest absolute Gasteiger partial charge is 0.375 e. The molecule has 0 saturated heterocycles. The number of fused-ring (bicyclic) bond motifs is 1. The summed E-state index contributed by atoms with van der Waals surface area (Å²) in [6.07, 6.45) is 1.22. The number of ether oxygens (including phenoxy) is 1. The number of hydrogen-bond acceptors (Lipinski definition) is 3. The molecule has 2 nitrogen and oxygen atoms in total. The van der Waals surface area contributed by atoms with Gasteiger partial charge in [0, 0.05) is 6.04 Å². The third-order valence-corrected chi connectivity index (χ3v) is 4.29. The van der Waals surface area contributed by atoms with E-state index in [0.29, 0.717) is 12.1 Å². The summed E-state index contributed by atoms with van der Waals surface area (Å²) in [5.41, 5.74) is 2.75. The van der Waals surface area contributed by atoms with Crippen LogP contribution in [0.25, 0.3) is 0 Å². The molecule has 0 aromatic heterocycles. The molecule has 2 unspecified atom stereocenters. The highest BCUT2D eigenvalue weighted by Crippen LogP contribution is 2.25. The third-order valence-electron chi connectivity index (χ3n) is 3.36. The summed E-state index contributed by atoms with van der Waals surface area (Å²) in [6, 6.07) is 9.51. The molecule has 2 atom stereocenters. The molecule has 1 aliphatic rings. The van der Waals surface area contributed by atoms with E-state index < -0.39 is 0 Å². The van der Waals surface area contributed by atoms with Crippen LogP contribution in [0.1, 0.15) is 37.4 Å². The zero-order chi connectivity index (χ0) is 12.8. The van der Waals surface area contributed by atoms with Gasteiger partial charge in [-0.1, -0.05) is 31.2 Å². The Bertz CT molecular complexity index is 369. The van der Waals surface area contributed by atoms with Crippen LogP contribution in [-0.2, 0) is 11.3 Å². The third kappa shape index (κ3) is 3.74. The summed E-state index contributed by atoms with van der Waals surface area (Å²) in [7, 11) is 0. The van der Waals surface area contributed by atoms with Crippen molar-refractivity contribution in [1.82, 2.24) is 5.32 Å². The van der Waals surface area contributed by atoms with Gasteiger partial charge in [0.1, 0.15) is 0 Å². The second kappa shape index (κ2) is 7.17. The lowest BCUT2D eigenvalue weighted by molar-refractivity contribution is 0.0790. The average Bonchev–Trinajstić information content (AvgIpc) is 2.39. The first kappa shape index (κ1) is 13.9. The summed E-state index contributed by atoms with van der Waals surface area (Å²) in [5, 5.41) is 3.70. The quantitative estimate of drug-likeness (QED) is 0.797. The van der Waals surface area contributed by atoms with Crippen molar-refractivity contribution in [3.63, 3.8) is 0 Å². The lowest BCUT2D eigenvalue weighted by Crippen LogP contribution is -2.36. The van der Waals surface area contributed by atoms with Gasteiger partial charge in [-0.25, -0.2) is 0 Å². The average molecular weight is 265 g/mol. The Morgan fingerprint density at radius 2 is 2.28 bits per heavy atom. The molecule has 0 fully saturated rings. The normalized spacial score (nSPS) is 20.4. The van der Waals surface area contributed by atoms with Crippen LogP contribution in [0.4, 0.5) is 0 Å². The molecule has 1 heterocycles. The first-order valence-corrected chi connectivity index (χ1v) is 7.96. The van der Waals surface area contributed by atoms with Gasteiger partial charge in [-0.3, -0.25) is 0 Å². The van der Waals surface area contributed by atoms with Gasteiger partial charge in [0.25, 0.3) is 0 Å². The van der Waals surface area contributed by atoms with Crippen molar-refractivity contribution in [2.24, 2.45) is 0 Å². The highest BCUT2D eigenvalue weighted by molar-refractivity contribution is 7.99. The summed E-state index contributed by atoms with van der Waals surface area (Å²) in [5.74, 6) is 2.45. The van der Waals surface area contributed by atoms with Gasteiger partial charge < -0.3 is 10.1 Å². The molecule has 3 heteroatoms. The lowest BCUT2D eigenvalue weighted by atomic mass is 9.98. The summed E-state index contributed by atoms with van der Waals surface area (Å²) >= 11 is 2.01. The first-order valence-electron chi connectivity index (χ1n) is 6.80. The Morgan fingerprint density at radius 1 is 1.44 bits per heavy atom. The topological polar surface area (TPSA) is 21.3 Å². The minimum Gasteiger partial charge on any atom is -0.375 e. The van der Waals surface area contributed by atoms with Crippen molar-refractivity contribution in [2.45, 2.75) is 39.0 Å². The van der Waals surface area contributed by atoms with Crippen molar-refractivity contribution in [3.05, 3.63) is 35.4 Å². The molecule has 1 aromatic carbocycles. The molecule has 1 aliphatic heterocycles. The van der Waals surface area contributed by atoms with Gasteiger partial charge in [-0.15, -0.1) is 0 Å². The maximum atomic E-state index is 5.67. The summed E-state index contributed by atoms with van der Waals surface area (Å²) < 4.78 is 5.67. The molecule has 100 valence electrons. The number of hydrogen-bond donors (Lipinski definition) is 1. The van der Waals surface area contributed by atoms with E-state index in [1.807, 2.05) is 11.8 Å². The molecular weight excluding hydrogens is 242 g/mol. The molecular formula is C15H23NOS. The predicted octanol–water partition coefficient (Wildman–Crippen LogP) is 3.38. The second-order valence-corrected chi connectivity index (χ2v) is 6.21. The Labute approximate surface area is 114 Å². The summed E-state index contributed by atoms with van der Waals surface area (Å²) in [6.45, 7) is 6.04. The fourth-order valence-electron chi connectivity index (χ4n) is 2.35. The van der Waals surface area contributed by atoms with E-state index in [1.165, 1.54) is 29.1 Å². The lowest BCUT2D eigenvalue weighted by Gasteiger charge is -2.29. The van der Waals surface area contributed by atoms with Crippen LogP contribution >= 0.6 is 11.8 Å². The minimum absolute atomic E-state index is 0.358. The van der Waals surface area contributed by atoms with Gasteiger partial charge in [0.2, 0.25) is 0 Å². The monoisotopic (exact) mass is 265 g/mol. The van der Waals surface area contributed by atoms with Crippen LogP contribution < -0.4 is 5.32 Å². The van der Waals surface area contributed by atoms with Gasteiger partial charge in [-0.2, -0.15) is 11.8 Å². The van der Waals surface area contributed by atoms with E-state index in [1.54, 1.807) is 0 Å². The van der Waals surface area contributed by atoms with E-state index in [2.05, 4.69) is 43.4 Å². The van der Waals surface area contributed by atoms with Crippen LogP contribution in [0.15, 0.2) is 24.3 Å². The van der Waals surface area contributed by atoms with Crippen LogP contribution in [0, 0.1) is 0 Å². The molecule has 1 N–H and O–H groups in total. The van der Waals surface area contributed by atoms with E-state index in [0.717, 1.165) is 13.2 Å². The molecule has 0 spiro atoms. The highest BCUT2D eigenvalue weighted by atomic mass is 32.2. The molecule has 0 amide bonds. The van der Waals surface area contributed by atoms with Crippen molar-refractivity contribution in [1.29, 1.82) is 0 Å². The predicted molar refractivity (Wildman–Crippen MR) is 79.1 cm³/mol. The van der Waals surface area contributed by atoms with Crippen molar-refractivity contribution in [3.8, 4) is 0 Å². The van der Waals surface area contributed by atoms with E-state index in [-0.39, 0.29) is 0 Å². The smallest absolute Gasteiger partial charge is 0.0721 e. The van der Waals surface area contributed by atoms with Gasteiger partial charge in [-0.05, 0) is 36.0 Å². The SMILES string of the molecule is CCSCCC(C)NC1COCc2ccccc21. The van der Waals surface area contributed by atoms with Crippen LogP contribution in [0.5, 0.6) is 0 Å². The van der Waals surface area contributed by atoms with Crippen molar-refractivity contribution >= 4 is 11.8 Å². The maximum absolute atomic E-state index is 5.67. The van der Waals surface area contributed by atoms with E-state index >= 15 is 0 Å². The van der Waals surface area contributed by atoms with Gasteiger partial charge in [0.05, 0.1) is 19.3 Å². The minimum atomic E-state index is 0.358. The molecule has 0 saturated carbocycles. The van der Waals surface area contributed by atoms with Crippen LogP contribution in [-0.4, -0.2) is 24.2 Å². The van der Waals surface area contributed by atoms with Gasteiger partial charge >= 0.3 is 0 Å². The van der Waals surface area contributed by atoms with Crippen LogP contribution in [0.2, 0.25) is 0 Å². The van der Waals surface area contributed by atoms with Crippen LogP contribution in [0.3, 0.4) is 0 Å². The standard InChI is InChI=1S/C15H23NOS/c1-3-18-9-8-12(2)16-15-11-17-10-13-6-4-5-7-14(13)15/h4-7,12,15-16H,3,8-11H2,1-2H3. The van der Waals surface area contributed by atoms with Crippen molar-refractivity contribution in [2.75, 3.05) is 18.1 Å². The molecule has 1 aromatic rings. The zero-order valence-electron chi connectivity index (χ0n) is 11.3. The Hall–Kier alpha value is -0.510. The molecule has 18 heavy (non-hydrogen) atoms. The maximum Gasteiger partial charge on any atom is 0.0721 e. The Kier molecular flexibility index (Phi) is 5.54. The fraction of sp³-hybridized carbons (Fsp3) is 0.600. The molecule has 0 radical (unpaired) electrons. The number of thioether (sulfide) groups is 1. The van der Waals surface area contributed by atoms with E-state index in [4.69, 9.17) is 4.74 Å². The molecule has 0 bridgehead atoms.